The van der Waals surface area contributed by atoms with E-state index in [1.807, 2.05) is 93.8 Å². The highest BCUT2D eigenvalue weighted by molar-refractivity contribution is 6.06. The molecule has 0 spiro atoms. The number of hydrogen-bond acceptors (Lipinski definition) is 12. The van der Waals surface area contributed by atoms with Gasteiger partial charge < -0.3 is 44.2 Å². The highest BCUT2D eigenvalue weighted by Gasteiger charge is 2.22. The number of aromatic nitrogens is 2. The summed E-state index contributed by atoms with van der Waals surface area (Å²) in [6.07, 6.45) is 1.59. The van der Waals surface area contributed by atoms with Crippen molar-refractivity contribution in [3.8, 4) is 28.4 Å². The van der Waals surface area contributed by atoms with E-state index in [-0.39, 0.29) is 35.7 Å². The Morgan fingerprint density at radius 3 is 1.56 bits per heavy atom. The number of carbonyl (C=O) groups excluding carboxylic acids is 4. The number of rotatable bonds is 17. The van der Waals surface area contributed by atoms with E-state index in [9.17, 15) is 24.3 Å². The predicted octanol–water partition coefficient (Wildman–Crippen LogP) is 9.62. The first-order chi connectivity index (χ1) is 35.2. The second-order valence-corrected chi connectivity index (χ2v) is 18.6. The molecule has 2 aromatic heterocycles. The van der Waals surface area contributed by atoms with Crippen LogP contribution in [0.3, 0.4) is 0 Å². The largest absolute Gasteiger partial charge is 0.494 e. The van der Waals surface area contributed by atoms with Crippen molar-refractivity contribution in [1.82, 2.24) is 18.9 Å². The van der Waals surface area contributed by atoms with Gasteiger partial charge in [0.15, 0.2) is 5.78 Å². The van der Waals surface area contributed by atoms with Crippen molar-refractivity contribution < 1.29 is 43.2 Å². The predicted molar refractivity (Wildman–Crippen MR) is 286 cm³/mol. The first-order valence-corrected chi connectivity index (χ1v) is 25.2. The summed E-state index contributed by atoms with van der Waals surface area (Å²) in [6, 6.07) is 37.4. The van der Waals surface area contributed by atoms with Gasteiger partial charge in [0.2, 0.25) is 5.88 Å². The molecule has 2 fully saturated rings. The molecule has 2 aliphatic heterocycles. The molecule has 4 aromatic carbocycles. The quantitative estimate of drug-likeness (QED) is 0.0448. The Labute approximate surface area is 429 Å². The summed E-state index contributed by atoms with van der Waals surface area (Å²) < 4.78 is 25.2. The van der Waals surface area contributed by atoms with Crippen molar-refractivity contribution in [2.45, 2.75) is 79.7 Å². The number of anilines is 2. The van der Waals surface area contributed by atoms with Gasteiger partial charge in [-0.25, -0.2) is 9.59 Å². The molecular formula is C58H72N6O9. The molecule has 8 rings (SSSR count). The number of nitrogens with one attached hydrogen (secondary N) is 1. The van der Waals surface area contributed by atoms with Crippen LogP contribution in [0.2, 0.25) is 0 Å². The lowest BCUT2D eigenvalue weighted by atomic mass is 10.1. The topological polar surface area (TPSA) is 180 Å². The van der Waals surface area contributed by atoms with E-state index >= 15 is 0 Å². The third-order valence-corrected chi connectivity index (χ3v) is 12.3. The number of amides is 1. The standard InChI is InChI=1S/C29H35N3O4.C19H24N2O3.C10H13NO2/c1-21(2)36-29(34)24-11-7-12-25(19-24)30-28(33)26-20-27(23-9-5-4-6-10-23)32(22(26)3)14-8-13-31-15-17-35-18-16-31;1-15(22)17-14-18(16-6-3-2-4-7-16)21(19(17)23)9-5-8-20-10-12-24-13-11-20;1-7(2)13-10(12)8-4-3-5-9(11)6-8/h4-7,9-12,19-21H,8,13-18H2,1-3H3,(H,30,33);2-4,6-7,14,23H,5,8-13H2,1H3;3-7H,11H2,1-2H3. The molecule has 6 aromatic rings. The zero-order valence-electron chi connectivity index (χ0n) is 43.2. The van der Waals surface area contributed by atoms with Gasteiger partial charge >= 0.3 is 11.9 Å². The Kier molecular flexibility index (Phi) is 21.0. The maximum absolute atomic E-state index is 13.3. The zero-order valence-corrected chi connectivity index (χ0v) is 43.2. The molecule has 0 aliphatic carbocycles. The fraction of sp³-hybridized carbons (Fsp3) is 0.379. The smallest absolute Gasteiger partial charge is 0.338 e. The SMILES string of the molecule is CC(=O)c1cc(-c2ccccc2)n(CCCN2CCOCC2)c1O.CC(C)OC(=O)c1cccc(N)c1.Cc1c(C(=O)Nc2cccc(C(=O)OC(C)C)c2)cc(-c2ccccc2)n1CCCN1CCOCC1. The molecule has 15 heteroatoms. The Morgan fingerprint density at radius 2 is 1.07 bits per heavy atom. The summed E-state index contributed by atoms with van der Waals surface area (Å²) in [5.41, 5.74) is 13.5. The van der Waals surface area contributed by atoms with Crippen LogP contribution < -0.4 is 11.1 Å². The van der Waals surface area contributed by atoms with E-state index < -0.39 is 5.97 Å². The van der Waals surface area contributed by atoms with E-state index in [1.165, 1.54) is 6.92 Å². The average Bonchev–Trinajstić information content (AvgIpc) is 3.90. The second kappa shape index (κ2) is 27.7. The number of nitrogen functional groups attached to an aromatic ring is 1. The summed E-state index contributed by atoms with van der Waals surface area (Å²) in [7, 11) is 0. The van der Waals surface area contributed by atoms with Crippen LogP contribution in [0.5, 0.6) is 5.88 Å². The minimum Gasteiger partial charge on any atom is -0.494 e. The fourth-order valence-corrected chi connectivity index (χ4v) is 8.59. The summed E-state index contributed by atoms with van der Waals surface area (Å²) in [6.45, 7) is 21.2. The number of ether oxygens (including phenoxy) is 4. The number of hydrogen-bond donors (Lipinski definition) is 3. The number of carbonyl (C=O) groups is 4. The molecule has 0 bridgehead atoms. The molecule has 0 saturated carbocycles. The van der Waals surface area contributed by atoms with Crippen LogP contribution in [0, 0.1) is 6.92 Å². The maximum atomic E-state index is 13.3. The molecular weight excluding hydrogens is 925 g/mol. The van der Waals surface area contributed by atoms with Gasteiger partial charge in [0.1, 0.15) is 0 Å². The van der Waals surface area contributed by atoms with Crippen LogP contribution in [0.4, 0.5) is 11.4 Å². The van der Waals surface area contributed by atoms with Crippen LogP contribution >= 0.6 is 0 Å². The van der Waals surface area contributed by atoms with E-state index in [2.05, 4.69) is 31.8 Å². The number of nitrogens with two attached hydrogens (primary N) is 1. The monoisotopic (exact) mass is 997 g/mol. The average molecular weight is 997 g/mol. The molecule has 2 saturated heterocycles. The minimum absolute atomic E-state index is 0.0725. The van der Waals surface area contributed by atoms with E-state index in [0.717, 1.165) is 113 Å². The third-order valence-electron chi connectivity index (χ3n) is 12.3. The van der Waals surface area contributed by atoms with Gasteiger partial charge in [0, 0.05) is 75.1 Å². The van der Waals surface area contributed by atoms with Crippen LogP contribution in [0.25, 0.3) is 22.5 Å². The van der Waals surface area contributed by atoms with Gasteiger partial charge in [-0.3, -0.25) is 19.4 Å². The van der Waals surface area contributed by atoms with Crippen molar-refractivity contribution in [2.24, 2.45) is 0 Å². The number of esters is 2. The van der Waals surface area contributed by atoms with Crippen LogP contribution in [0.15, 0.2) is 121 Å². The van der Waals surface area contributed by atoms with Gasteiger partial charge in [0.05, 0.1) is 66.6 Å². The van der Waals surface area contributed by atoms with Gasteiger partial charge in [-0.15, -0.1) is 0 Å². The number of benzene rings is 4. The van der Waals surface area contributed by atoms with Crippen LogP contribution in [-0.4, -0.2) is 126 Å². The van der Waals surface area contributed by atoms with Gasteiger partial charge in [-0.1, -0.05) is 72.8 Å². The highest BCUT2D eigenvalue weighted by atomic mass is 16.5. The van der Waals surface area contributed by atoms with Crippen LogP contribution in [-0.2, 0) is 32.0 Å². The Morgan fingerprint density at radius 1 is 0.603 bits per heavy atom. The Balaban J connectivity index is 0.000000201. The Hall–Kier alpha value is -7.04. The molecule has 388 valence electrons. The van der Waals surface area contributed by atoms with E-state index in [0.29, 0.717) is 40.2 Å². The van der Waals surface area contributed by atoms with Gasteiger partial charge in [-0.2, -0.15) is 0 Å². The van der Waals surface area contributed by atoms with Crippen molar-refractivity contribution in [3.05, 3.63) is 149 Å². The number of morpholine rings is 2. The molecule has 73 heavy (non-hydrogen) atoms. The fourth-order valence-electron chi connectivity index (χ4n) is 8.59. The first-order valence-electron chi connectivity index (χ1n) is 25.2. The molecule has 1 amide bonds. The lowest BCUT2D eigenvalue weighted by Gasteiger charge is -2.26. The summed E-state index contributed by atoms with van der Waals surface area (Å²) in [4.78, 5) is 53.6. The van der Waals surface area contributed by atoms with Crippen LogP contribution in [0.1, 0.15) is 94.6 Å². The van der Waals surface area contributed by atoms with E-state index in [4.69, 9.17) is 24.7 Å². The van der Waals surface area contributed by atoms with E-state index in [1.54, 1.807) is 54.6 Å². The highest BCUT2D eigenvalue weighted by Crippen LogP contribution is 2.32. The molecule has 0 radical (unpaired) electrons. The number of ketones is 1. The minimum atomic E-state index is -0.407. The summed E-state index contributed by atoms with van der Waals surface area (Å²) in [5, 5.41) is 13.5. The molecule has 2 aliphatic rings. The molecule has 0 unspecified atom stereocenters. The van der Waals surface area contributed by atoms with Gasteiger partial charge in [0.25, 0.3) is 5.91 Å². The zero-order chi connectivity index (χ0) is 52.3. The lowest BCUT2D eigenvalue weighted by molar-refractivity contribution is 0.0367. The normalized spacial score (nSPS) is 13.9. The van der Waals surface area contributed by atoms with Gasteiger partial charge in [-0.05, 0) is 114 Å². The van der Waals surface area contributed by atoms with Crippen molar-refractivity contribution in [1.29, 1.82) is 0 Å². The third kappa shape index (κ3) is 16.5. The second-order valence-electron chi connectivity index (χ2n) is 18.6. The number of aromatic hydroxyl groups is 1. The van der Waals surface area contributed by atoms with Crippen molar-refractivity contribution in [2.75, 3.05) is 76.7 Å². The van der Waals surface area contributed by atoms with Crippen molar-refractivity contribution in [3.63, 3.8) is 0 Å². The summed E-state index contributed by atoms with van der Waals surface area (Å²) >= 11 is 0. The number of nitrogens with zero attached hydrogens (tertiary/aromatic N) is 4. The molecule has 15 nitrogen and oxygen atoms in total. The van der Waals surface area contributed by atoms with Crippen molar-refractivity contribution >= 4 is 35.0 Å². The number of Topliss-reactive ketones (excluding diaryl/α,β-unsaturated/α-hetero) is 1. The summed E-state index contributed by atoms with van der Waals surface area (Å²) in [5.74, 6) is -0.983. The maximum Gasteiger partial charge on any atom is 0.338 e. The molecule has 4 heterocycles. The lowest BCUT2D eigenvalue weighted by Crippen LogP contribution is -2.37. The first kappa shape index (κ1) is 55.3. The molecule has 4 N–H and O–H groups in total. The Bertz CT molecular complexity index is 2720. The molecule has 0 atom stereocenters.